The maximum absolute atomic E-state index is 12.6. The van der Waals surface area contributed by atoms with Gasteiger partial charge in [-0.25, -0.2) is 13.8 Å². The zero-order valence-corrected chi connectivity index (χ0v) is 19.3. The van der Waals surface area contributed by atoms with Crippen molar-refractivity contribution in [2.24, 2.45) is 5.73 Å². The van der Waals surface area contributed by atoms with Crippen molar-refractivity contribution in [1.82, 2.24) is 9.55 Å². The molecule has 0 radical (unpaired) electrons. The van der Waals surface area contributed by atoms with Crippen LogP contribution in [0.25, 0.3) is 0 Å². The Bertz CT molecular complexity index is 1430. The summed E-state index contributed by atoms with van der Waals surface area (Å²) in [5.41, 5.74) is 2.26. The van der Waals surface area contributed by atoms with Gasteiger partial charge in [0.1, 0.15) is 12.7 Å². The molecule has 3 heterocycles. The third kappa shape index (κ3) is 4.38. The first-order chi connectivity index (χ1) is 16.4. The second-order valence-corrected chi connectivity index (χ2v) is 9.32. The first-order valence-corrected chi connectivity index (χ1v) is 11.7. The highest BCUT2D eigenvalue weighted by molar-refractivity contribution is 7.90. The Morgan fingerprint density at radius 2 is 1.91 bits per heavy atom. The molecule has 1 fully saturated rings. The lowest BCUT2D eigenvalue weighted by molar-refractivity contribution is -0.158. The van der Waals surface area contributed by atoms with Crippen LogP contribution in [-0.4, -0.2) is 54.3 Å². The zero-order valence-electron chi connectivity index (χ0n) is 18.5. The number of benzene rings is 1. The van der Waals surface area contributed by atoms with E-state index in [2.05, 4.69) is 4.98 Å². The number of carbonyl (C=O) groups excluding carboxylic acids is 2. The van der Waals surface area contributed by atoms with Crippen LogP contribution in [-0.2, 0) is 33.3 Å². The molecule has 13 nitrogen and oxygen atoms in total. The molecule has 1 aromatic heterocycles. The summed E-state index contributed by atoms with van der Waals surface area (Å²) < 4.78 is 47.5. The van der Waals surface area contributed by atoms with E-state index in [0.717, 1.165) is 17.7 Å². The van der Waals surface area contributed by atoms with Gasteiger partial charge in [0.2, 0.25) is 0 Å². The fraction of sp³-hybridized carbons (Fsp3) is 0.333. The van der Waals surface area contributed by atoms with Crippen molar-refractivity contribution in [3.05, 3.63) is 79.6 Å². The lowest BCUT2D eigenvalue weighted by Crippen LogP contribution is -2.55. The number of hydrogen-bond donors (Lipinski definition) is 2. The Morgan fingerprint density at radius 3 is 2.51 bits per heavy atom. The van der Waals surface area contributed by atoms with Gasteiger partial charge >= 0.3 is 17.6 Å². The number of aryl methyl sites for hydroxylation is 1. The van der Waals surface area contributed by atoms with Crippen LogP contribution in [0.1, 0.15) is 29.1 Å². The number of aromatic nitrogens is 2. The van der Waals surface area contributed by atoms with E-state index in [-0.39, 0.29) is 16.8 Å². The molecule has 4 rings (SSSR count). The molecule has 2 aliphatic heterocycles. The normalized spacial score (nSPS) is 26.9. The average molecular weight is 507 g/mol. The third-order valence-electron chi connectivity index (χ3n) is 5.53. The van der Waals surface area contributed by atoms with Crippen molar-refractivity contribution in [1.29, 1.82) is 0 Å². The van der Waals surface area contributed by atoms with Gasteiger partial charge < -0.3 is 19.9 Å². The highest BCUT2D eigenvalue weighted by Gasteiger charge is 2.67. The Hall–Kier alpha value is -3.75. The van der Waals surface area contributed by atoms with E-state index in [1.54, 1.807) is 18.2 Å². The second kappa shape index (κ2) is 8.79. The molecular weight excluding hydrogens is 486 g/mol. The first kappa shape index (κ1) is 24.4. The average Bonchev–Trinajstić information content (AvgIpc) is 3.21. The lowest BCUT2D eigenvalue weighted by atomic mass is 9.89. The van der Waals surface area contributed by atoms with E-state index >= 15 is 0 Å². The third-order valence-corrected chi connectivity index (χ3v) is 6.58. The summed E-state index contributed by atoms with van der Waals surface area (Å²) in [7, 11) is -4.35. The van der Waals surface area contributed by atoms with Crippen LogP contribution in [0.15, 0.2) is 57.2 Å². The maximum Gasteiger partial charge on any atom is 0.338 e. The van der Waals surface area contributed by atoms with Crippen LogP contribution in [0.5, 0.6) is 0 Å². The number of esters is 2. The predicted octanol–water partition coefficient (Wildman–Crippen LogP) is -0.570. The summed E-state index contributed by atoms with van der Waals surface area (Å²) in [4.78, 5) is 51.0. The van der Waals surface area contributed by atoms with Gasteiger partial charge in [-0.2, -0.15) is 8.42 Å². The standard InChI is InChI=1S/C21H21N3O10S/c1-11-8-24(20(28)23-17(11)26)18-16(32-12(2)25)21(14(22)10-35(29,30)34-21)15(33-18)9-31-19(27)13-6-4-3-5-7-13/h3-8,10,15-16,18H,9,22H2,1-2H3,(H,23,26,28)/t15?,16-,18+,21?/m0/s1. The fourth-order valence-electron chi connectivity index (χ4n) is 3.98. The lowest BCUT2D eigenvalue weighted by Gasteiger charge is -2.33. The molecular formula is C21H21N3O10S. The number of rotatable bonds is 5. The van der Waals surface area contributed by atoms with Crippen LogP contribution in [0, 0.1) is 6.92 Å². The van der Waals surface area contributed by atoms with Crippen molar-refractivity contribution in [2.75, 3.05) is 6.61 Å². The van der Waals surface area contributed by atoms with Crippen LogP contribution in [0.3, 0.4) is 0 Å². The maximum atomic E-state index is 12.6. The molecule has 0 bridgehead atoms. The number of H-pyrrole nitrogens is 1. The van der Waals surface area contributed by atoms with Crippen molar-refractivity contribution < 1.29 is 36.4 Å². The van der Waals surface area contributed by atoms with E-state index in [1.807, 2.05) is 0 Å². The molecule has 1 aromatic carbocycles. The number of nitrogens with two attached hydrogens (primary N) is 1. The highest BCUT2D eigenvalue weighted by atomic mass is 32.2. The molecule has 4 atom stereocenters. The minimum Gasteiger partial charge on any atom is -0.459 e. The molecule has 2 unspecified atom stereocenters. The van der Waals surface area contributed by atoms with Gasteiger partial charge in [0.25, 0.3) is 15.7 Å². The summed E-state index contributed by atoms with van der Waals surface area (Å²) in [6.07, 6.45) is -3.39. The van der Waals surface area contributed by atoms with Crippen molar-refractivity contribution in [3.63, 3.8) is 0 Å². The quantitative estimate of drug-likeness (QED) is 0.390. The molecule has 35 heavy (non-hydrogen) atoms. The van der Waals surface area contributed by atoms with E-state index in [4.69, 9.17) is 24.1 Å². The molecule has 0 saturated carbocycles. The summed E-state index contributed by atoms with van der Waals surface area (Å²) in [6.45, 7) is 1.89. The Morgan fingerprint density at radius 1 is 1.23 bits per heavy atom. The van der Waals surface area contributed by atoms with E-state index < -0.39 is 63.9 Å². The van der Waals surface area contributed by atoms with Gasteiger partial charge in [0.05, 0.1) is 16.7 Å². The minimum absolute atomic E-state index is 0.117. The summed E-state index contributed by atoms with van der Waals surface area (Å²) in [5, 5.41) is 0.627. The summed E-state index contributed by atoms with van der Waals surface area (Å²) in [5.74, 6) is -1.61. The van der Waals surface area contributed by atoms with Crippen LogP contribution in [0.2, 0.25) is 0 Å². The Balaban J connectivity index is 1.79. The zero-order chi connectivity index (χ0) is 25.5. The largest absolute Gasteiger partial charge is 0.459 e. The van der Waals surface area contributed by atoms with Crippen LogP contribution < -0.4 is 17.0 Å². The topological polar surface area (TPSA) is 186 Å². The molecule has 2 aliphatic rings. The molecule has 0 amide bonds. The molecule has 1 saturated heterocycles. The number of nitrogens with one attached hydrogen (secondary N) is 1. The molecule has 1 spiro atoms. The Kier molecular flexibility index (Phi) is 6.12. The van der Waals surface area contributed by atoms with Gasteiger partial charge in [-0.15, -0.1) is 0 Å². The summed E-state index contributed by atoms with van der Waals surface area (Å²) >= 11 is 0. The monoisotopic (exact) mass is 507 g/mol. The number of nitrogens with zero attached hydrogens (tertiary/aromatic N) is 1. The van der Waals surface area contributed by atoms with Gasteiger partial charge in [0, 0.05) is 18.7 Å². The van der Waals surface area contributed by atoms with Crippen molar-refractivity contribution in [3.8, 4) is 0 Å². The van der Waals surface area contributed by atoms with Crippen molar-refractivity contribution in [2.45, 2.75) is 37.9 Å². The van der Waals surface area contributed by atoms with Gasteiger partial charge in [-0.3, -0.25) is 19.1 Å². The van der Waals surface area contributed by atoms with Gasteiger partial charge in [-0.1, -0.05) is 18.2 Å². The molecule has 14 heteroatoms. The van der Waals surface area contributed by atoms with E-state index in [9.17, 15) is 27.6 Å². The fourth-order valence-corrected chi connectivity index (χ4v) is 5.21. The second-order valence-electron chi connectivity index (χ2n) is 7.93. The number of hydrogen-bond acceptors (Lipinski definition) is 11. The Labute approximate surface area is 198 Å². The molecule has 0 aliphatic carbocycles. The van der Waals surface area contributed by atoms with Crippen LogP contribution >= 0.6 is 0 Å². The molecule has 3 N–H and O–H groups in total. The minimum atomic E-state index is -4.35. The van der Waals surface area contributed by atoms with E-state index in [1.165, 1.54) is 19.1 Å². The predicted molar refractivity (Wildman–Crippen MR) is 117 cm³/mol. The highest BCUT2D eigenvalue weighted by Crippen LogP contribution is 2.48. The number of ether oxygens (including phenoxy) is 3. The summed E-state index contributed by atoms with van der Waals surface area (Å²) in [6, 6.07) is 7.95. The molecule has 2 aromatic rings. The number of aromatic amines is 1. The number of carbonyl (C=O) groups is 2. The van der Waals surface area contributed by atoms with Gasteiger partial charge in [-0.05, 0) is 19.1 Å². The van der Waals surface area contributed by atoms with E-state index in [0.29, 0.717) is 5.41 Å². The molecule has 186 valence electrons. The smallest absolute Gasteiger partial charge is 0.338 e. The van der Waals surface area contributed by atoms with Crippen molar-refractivity contribution >= 4 is 22.1 Å². The SMILES string of the molecule is CC(=O)O[C@H]1[C@H](n2cc(C)c(=O)[nH]c2=O)OC(COC(=O)c2ccccc2)C12OS(=O)(=O)C=C2N. The first-order valence-electron chi connectivity index (χ1n) is 10.2. The van der Waals surface area contributed by atoms with Crippen LogP contribution in [0.4, 0.5) is 0 Å². The van der Waals surface area contributed by atoms with Gasteiger partial charge in [0.15, 0.2) is 17.9 Å².